The van der Waals surface area contributed by atoms with Crippen LogP contribution in [0.15, 0.2) is 42.5 Å². The van der Waals surface area contributed by atoms with E-state index >= 15 is 0 Å². The third-order valence-electron chi connectivity index (χ3n) is 7.04. The number of aromatic nitrogens is 2. The first-order valence-electron chi connectivity index (χ1n) is 13.6. The summed E-state index contributed by atoms with van der Waals surface area (Å²) in [6.07, 6.45) is -6.26. The summed E-state index contributed by atoms with van der Waals surface area (Å²) in [4.78, 5) is 41.4. The molecule has 230 valence electrons. The Kier molecular flexibility index (Phi) is 9.53. The van der Waals surface area contributed by atoms with Crippen molar-refractivity contribution in [1.29, 1.82) is 0 Å². The van der Waals surface area contributed by atoms with Crippen molar-refractivity contribution in [3.63, 3.8) is 0 Å². The molecule has 43 heavy (non-hydrogen) atoms. The van der Waals surface area contributed by atoms with Crippen molar-refractivity contribution in [2.24, 2.45) is 0 Å². The number of hydrogen-bond donors (Lipinski definition) is 2. The maximum absolute atomic E-state index is 14.1. The number of carbonyl (C=O) groups is 3. The number of aliphatic hydroxyl groups is 1. The number of ether oxygens (including phenoxy) is 2. The van der Waals surface area contributed by atoms with Gasteiger partial charge in [0.1, 0.15) is 23.4 Å². The predicted octanol–water partition coefficient (Wildman–Crippen LogP) is 5.00. The summed E-state index contributed by atoms with van der Waals surface area (Å²) in [7, 11) is 1.26. The Morgan fingerprint density at radius 2 is 1.88 bits per heavy atom. The number of carbonyl (C=O) groups excluding carboxylic acids is 3. The van der Waals surface area contributed by atoms with Crippen LogP contribution >= 0.6 is 0 Å². The number of amides is 1. The normalized spacial score (nSPS) is 17.1. The first kappa shape index (κ1) is 31.7. The second-order valence-corrected chi connectivity index (χ2v) is 10.5. The van der Waals surface area contributed by atoms with Gasteiger partial charge in [0.25, 0.3) is 5.91 Å². The van der Waals surface area contributed by atoms with Crippen molar-refractivity contribution in [3.8, 4) is 11.4 Å². The molecule has 9 nitrogen and oxygen atoms in total. The smallest absolute Gasteiger partial charge is 0.419 e. The molecule has 3 aromatic rings. The number of imidazole rings is 1. The summed E-state index contributed by atoms with van der Waals surface area (Å²) in [5.74, 6) is -3.45. The lowest BCUT2D eigenvalue weighted by molar-refractivity contribution is -0.160. The highest BCUT2D eigenvalue weighted by Crippen LogP contribution is 2.36. The van der Waals surface area contributed by atoms with E-state index in [0.717, 1.165) is 6.07 Å². The predicted molar refractivity (Wildman–Crippen MR) is 145 cm³/mol. The van der Waals surface area contributed by atoms with Gasteiger partial charge in [-0.25, -0.2) is 14.2 Å². The number of nitrogens with one attached hydrogen (secondary N) is 1. The Bertz CT molecular complexity index is 1500. The van der Waals surface area contributed by atoms with E-state index in [9.17, 15) is 37.1 Å². The fraction of sp³-hybridized carbons (Fsp3) is 0.400. The first-order valence-corrected chi connectivity index (χ1v) is 13.6. The molecule has 1 fully saturated rings. The van der Waals surface area contributed by atoms with Gasteiger partial charge in [-0.2, -0.15) is 13.2 Å². The molecule has 4 rings (SSSR count). The van der Waals surface area contributed by atoms with Crippen LogP contribution in [0.5, 0.6) is 0 Å². The number of cyclic esters (lactones) is 1. The number of hydrogen-bond acceptors (Lipinski definition) is 7. The van der Waals surface area contributed by atoms with Gasteiger partial charge in [-0.3, -0.25) is 9.59 Å². The summed E-state index contributed by atoms with van der Waals surface area (Å²) in [5.41, 5.74) is -0.163. The zero-order valence-electron chi connectivity index (χ0n) is 23.7. The Labute approximate surface area is 244 Å². The van der Waals surface area contributed by atoms with Crippen molar-refractivity contribution < 1.29 is 46.5 Å². The van der Waals surface area contributed by atoms with Gasteiger partial charge in [-0.15, -0.1) is 0 Å². The van der Waals surface area contributed by atoms with Gasteiger partial charge in [-0.05, 0) is 41.8 Å². The Morgan fingerprint density at radius 1 is 1.19 bits per heavy atom. The van der Waals surface area contributed by atoms with Gasteiger partial charge in [0.05, 0.1) is 36.5 Å². The summed E-state index contributed by atoms with van der Waals surface area (Å²) >= 11 is 0. The number of esters is 2. The van der Waals surface area contributed by atoms with E-state index in [1.807, 2.05) is 0 Å². The third-order valence-corrected chi connectivity index (χ3v) is 7.04. The zero-order chi connectivity index (χ0) is 31.5. The van der Waals surface area contributed by atoms with Crippen molar-refractivity contribution in [1.82, 2.24) is 14.9 Å². The molecule has 1 aliphatic rings. The average Bonchev–Trinajstić information content (AvgIpc) is 3.34. The van der Waals surface area contributed by atoms with Crippen LogP contribution in [0.25, 0.3) is 11.4 Å². The Hall–Kier alpha value is -4.26. The zero-order valence-corrected chi connectivity index (χ0v) is 23.7. The molecular formula is C30H31F4N3O6. The lowest BCUT2D eigenvalue weighted by atomic mass is 10.0. The molecule has 1 unspecified atom stereocenters. The molecule has 2 N–H and O–H groups in total. The van der Waals surface area contributed by atoms with Crippen molar-refractivity contribution in [2.45, 2.75) is 70.5 Å². The van der Waals surface area contributed by atoms with Crippen LogP contribution in [0.2, 0.25) is 0 Å². The molecule has 0 saturated carbocycles. The highest BCUT2D eigenvalue weighted by atomic mass is 19.4. The molecule has 13 heteroatoms. The molecule has 1 saturated heterocycles. The molecule has 0 aliphatic carbocycles. The number of halogens is 4. The van der Waals surface area contributed by atoms with E-state index in [-0.39, 0.29) is 55.4 Å². The number of methoxy groups -OCH3 is 1. The fourth-order valence-electron chi connectivity index (χ4n) is 5.00. The van der Waals surface area contributed by atoms with Crippen molar-refractivity contribution >= 4 is 17.8 Å². The molecule has 1 aromatic heterocycles. The van der Waals surface area contributed by atoms with Crippen molar-refractivity contribution in [2.75, 3.05) is 7.11 Å². The summed E-state index contributed by atoms with van der Waals surface area (Å²) in [5, 5.41) is 12.8. The van der Waals surface area contributed by atoms with E-state index < -0.39 is 47.6 Å². The highest BCUT2D eigenvalue weighted by molar-refractivity contribution is 5.94. The molecule has 1 aliphatic heterocycles. The van der Waals surface area contributed by atoms with E-state index in [1.165, 1.54) is 7.11 Å². The van der Waals surface area contributed by atoms with E-state index in [0.29, 0.717) is 29.0 Å². The number of alkyl halides is 3. The summed E-state index contributed by atoms with van der Waals surface area (Å²) in [6.45, 7) is 3.72. The van der Waals surface area contributed by atoms with Gasteiger partial charge in [0, 0.05) is 31.5 Å². The molecule has 1 amide bonds. The number of benzene rings is 2. The molecule has 2 aromatic carbocycles. The van der Waals surface area contributed by atoms with Crippen LogP contribution in [-0.4, -0.2) is 51.8 Å². The average molecular weight is 606 g/mol. The number of aliphatic hydroxyl groups excluding tert-OH is 1. The van der Waals surface area contributed by atoms with Gasteiger partial charge < -0.3 is 24.5 Å². The van der Waals surface area contributed by atoms with E-state index in [2.05, 4.69) is 15.0 Å². The number of nitrogens with zero attached hydrogens (tertiary/aromatic N) is 2. The lowest BCUT2D eigenvalue weighted by Gasteiger charge is -2.26. The minimum Gasteiger partial charge on any atom is -0.465 e. The molecule has 2 heterocycles. The molecule has 2 atom stereocenters. The first-order chi connectivity index (χ1) is 20.3. The van der Waals surface area contributed by atoms with Crippen LogP contribution in [0.1, 0.15) is 76.7 Å². The van der Waals surface area contributed by atoms with Crippen LogP contribution in [0.3, 0.4) is 0 Å². The standard InChI is InChI=1S/C30H31F4N3O6/c1-16(2)26-25(28(40)35-15-17-4-6-18(7-5-17)29(41)42-3)36-27(19-8-9-23(31)22(12-19)30(32,33)34)37(26)11-10-21-13-20(38)14-24(39)43-21/h4-9,12,16,20-21,38H,10-11,13-15H2,1-3H3,(H,35,40)/t20-,21?/m1/s1. The minimum absolute atomic E-state index is 0.00413. The SMILES string of the molecule is COC(=O)c1ccc(CNC(=O)c2nc(-c3ccc(F)c(C(F)(F)F)c3)n(CCC3C[C@@H](O)CC(=O)O3)c2C(C)C)cc1. The molecule has 0 bridgehead atoms. The molecule has 0 radical (unpaired) electrons. The van der Waals surface area contributed by atoms with Gasteiger partial charge >= 0.3 is 18.1 Å². The Balaban J connectivity index is 1.70. The summed E-state index contributed by atoms with van der Waals surface area (Å²) in [6, 6.07) is 8.86. The topological polar surface area (TPSA) is 120 Å². The largest absolute Gasteiger partial charge is 0.465 e. The monoisotopic (exact) mass is 605 g/mol. The Morgan fingerprint density at radius 3 is 2.49 bits per heavy atom. The van der Waals surface area contributed by atoms with E-state index in [4.69, 9.17) is 4.74 Å². The molecule has 0 spiro atoms. The van der Waals surface area contributed by atoms with Gasteiger partial charge in [0.2, 0.25) is 0 Å². The second kappa shape index (κ2) is 12.9. The maximum atomic E-state index is 14.1. The van der Waals surface area contributed by atoms with Crippen LogP contribution < -0.4 is 5.32 Å². The van der Waals surface area contributed by atoms with E-state index in [1.54, 1.807) is 42.7 Å². The van der Waals surface area contributed by atoms with Gasteiger partial charge in [-0.1, -0.05) is 26.0 Å². The highest BCUT2D eigenvalue weighted by Gasteiger charge is 2.35. The van der Waals surface area contributed by atoms with Crippen LogP contribution in [0.4, 0.5) is 17.6 Å². The maximum Gasteiger partial charge on any atom is 0.419 e. The second-order valence-electron chi connectivity index (χ2n) is 10.5. The third kappa shape index (κ3) is 7.39. The quantitative estimate of drug-likeness (QED) is 0.260. The van der Waals surface area contributed by atoms with Crippen LogP contribution in [-0.2, 0) is 33.5 Å². The summed E-state index contributed by atoms with van der Waals surface area (Å²) < 4.78 is 66.4. The van der Waals surface area contributed by atoms with Crippen LogP contribution in [0, 0.1) is 5.82 Å². The molecular weight excluding hydrogens is 574 g/mol. The van der Waals surface area contributed by atoms with Gasteiger partial charge in [0.15, 0.2) is 0 Å². The fourth-order valence-corrected chi connectivity index (χ4v) is 5.00. The number of rotatable bonds is 9. The van der Waals surface area contributed by atoms with Crippen molar-refractivity contribution in [3.05, 3.63) is 76.4 Å². The minimum atomic E-state index is -4.96. The lowest BCUT2D eigenvalue weighted by Crippen LogP contribution is -2.33.